The Morgan fingerprint density at radius 2 is 1.95 bits per heavy atom. The van der Waals surface area contributed by atoms with Gasteiger partial charge in [-0.1, -0.05) is 6.07 Å². The second-order valence-corrected chi connectivity index (χ2v) is 5.20. The number of hydrogen-bond donors (Lipinski definition) is 3. The second kappa shape index (κ2) is 4.85. The SMILES string of the molecule is CNC1C(=O)Nc2cc(N3CC(=O)NC(=O)C3C)ccc21. The number of imide groups is 1. The number of nitrogens with zero attached hydrogens (tertiary/aromatic N) is 1. The van der Waals surface area contributed by atoms with Crippen LogP contribution in [0.2, 0.25) is 0 Å². The van der Waals surface area contributed by atoms with Crippen molar-refractivity contribution in [2.45, 2.75) is 19.0 Å². The second-order valence-electron chi connectivity index (χ2n) is 5.20. The van der Waals surface area contributed by atoms with Gasteiger partial charge < -0.3 is 15.5 Å². The molecule has 3 rings (SSSR count). The molecule has 7 heteroatoms. The first-order chi connectivity index (χ1) is 10.0. The number of benzene rings is 1. The van der Waals surface area contributed by atoms with Crippen LogP contribution in [-0.4, -0.2) is 37.4 Å². The normalized spacial score (nSPS) is 24.7. The summed E-state index contributed by atoms with van der Waals surface area (Å²) in [5, 5.41) is 8.05. The zero-order valence-corrected chi connectivity index (χ0v) is 11.8. The first-order valence-corrected chi connectivity index (χ1v) is 6.73. The van der Waals surface area contributed by atoms with Crippen LogP contribution >= 0.6 is 0 Å². The predicted molar refractivity (Wildman–Crippen MR) is 76.8 cm³/mol. The summed E-state index contributed by atoms with van der Waals surface area (Å²) in [5.74, 6) is -0.746. The van der Waals surface area contributed by atoms with E-state index in [1.54, 1.807) is 24.9 Å². The summed E-state index contributed by atoms with van der Waals surface area (Å²) in [6.07, 6.45) is 0. The molecule has 0 aromatic heterocycles. The van der Waals surface area contributed by atoms with Gasteiger partial charge >= 0.3 is 0 Å². The number of nitrogens with one attached hydrogen (secondary N) is 3. The maximum absolute atomic E-state index is 11.8. The molecular weight excluding hydrogens is 272 g/mol. The molecule has 7 nitrogen and oxygen atoms in total. The summed E-state index contributed by atoms with van der Waals surface area (Å²) in [7, 11) is 1.73. The van der Waals surface area contributed by atoms with Gasteiger partial charge in [-0.15, -0.1) is 0 Å². The lowest BCUT2D eigenvalue weighted by atomic mass is 10.1. The van der Waals surface area contributed by atoms with Gasteiger partial charge in [0.25, 0.3) is 0 Å². The number of piperazine rings is 1. The van der Waals surface area contributed by atoms with Crippen molar-refractivity contribution < 1.29 is 14.4 Å². The molecule has 3 N–H and O–H groups in total. The van der Waals surface area contributed by atoms with Gasteiger partial charge in [-0.2, -0.15) is 0 Å². The standard InChI is InChI=1S/C14H16N4O3/c1-7-13(20)17-11(19)6-18(7)8-3-4-9-10(5-8)16-14(21)12(9)15-2/h3-5,7,12,15H,6H2,1-2H3,(H,16,21)(H,17,19,20). The van der Waals surface area contributed by atoms with Gasteiger partial charge in [-0.3, -0.25) is 19.7 Å². The zero-order valence-electron chi connectivity index (χ0n) is 11.8. The fraction of sp³-hybridized carbons (Fsp3) is 0.357. The summed E-state index contributed by atoms with van der Waals surface area (Å²) in [5.41, 5.74) is 2.32. The van der Waals surface area contributed by atoms with Crippen LogP contribution in [0.4, 0.5) is 11.4 Å². The lowest BCUT2D eigenvalue weighted by Gasteiger charge is -2.33. The molecule has 0 spiro atoms. The Morgan fingerprint density at radius 3 is 2.67 bits per heavy atom. The number of hydrogen-bond acceptors (Lipinski definition) is 5. The van der Waals surface area contributed by atoms with Crippen LogP contribution in [0.1, 0.15) is 18.5 Å². The quantitative estimate of drug-likeness (QED) is 0.653. The third-order valence-corrected chi connectivity index (χ3v) is 3.91. The highest BCUT2D eigenvalue weighted by atomic mass is 16.2. The minimum Gasteiger partial charge on any atom is -0.350 e. The van der Waals surface area contributed by atoms with Crippen molar-refractivity contribution in [2.75, 3.05) is 23.8 Å². The van der Waals surface area contributed by atoms with Crippen molar-refractivity contribution in [3.8, 4) is 0 Å². The van der Waals surface area contributed by atoms with Crippen LogP contribution in [0.25, 0.3) is 0 Å². The van der Waals surface area contributed by atoms with E-state index in [0.717, 1.165) is 11.3 Å². The number of carbonyl (C=O) groups excluding carboxylic acids is 3. The fourth-order valence-electron chi connectivity index (χ4n) is 2.75. The monoisotopic (exact) mass is 288 g/mol. The summed E-state index contributed by atoms with van der Waals surface area (Å²) in [4.78, 5) is 36.8. The molecule has 0 saturated carbocycles. The topological polar surface area (TPSA) is 90.5 Å². The zero-order chi connectivity index (χ0) is 15.1. The van der Waals surface area contributed by atoms with Crippen LogP contribution in [-0.2, 0) is 14.4 Å². The van der Waals surface area contributed by atoms with Gasteiger partial charge in [0.15, 0.2) is 0 Å². The van der Waals surface area contributed by atoms with E-state index in [-0.39, 0.29) is 30.3 Å². The van der Waals surface area contributed by atoms with Gasteiger partial charge in [0.1, 0.15) is 12.1 Å². The number of fused-ring (bicyclic) bond motifs is 1. The molecule has 2 aliphatic heterocycles. The van der Waals surface area contributed by atoms with Gasteiger partial charge in [-0.25, -0.2) is 0 Å². The molecule has 2 heterocycles. The highest BCUT2D eigenvalue weighted by Crippen LogP contribution is 2.34. The van der Waals surface area contributed by atoms with Crippen LogP contribution < -0.4 is 20.9 Å². The molecule has 21 heavy (non-hydrogen) atoms. The summed E-state index contributed by atoms with van der Waals surface area (Å²) >= 11 is 0. The minimum absolute atomic E-state index is 0.106. The lowest BCUT2D eigenvalue weighted by Crippen LogP contribution is -2.57. The van der Waals surface area contributed by atoms with Crippen molar-refractivity contribution in [1.82, 2.24) is 10.6 Å². The third kappa shape index (κ3) is 2.15. The Labute approximate surface area is 121 Å². The van der Waals surface area contributed by atoms with E-state index in [2.05, 4.69) is 16.0 Å². The predicted octanol–water partition coefficient (Wildman–Crippen LogP) is -0.249. The van der Waals surface area contributed by atoms with Gasteiger partial charge in [0.05, 0.1) is 6.54 Å². The van der Waals surface area contributed by atoms with Crippen LogP contribution in [0.3, 0.4) is 0 Å². The molecule has 1 saturated heterocycles. The fourth-order valence-corrected chi connectivity index (χ4v) is 2.75. The Balaban J connectivity index is 1.95. The molecule has 2 unspecified atom stereocenters. The van der Waals surface area contributed by atoms with E-state index in [1.807, 2.05) is 12.1 Å². The van der Waals surface area contributed by atoms with Crippen LogP contribution in [0, 0.1) is 0 Å². The Bertz CT molecular complexity index is 643. The first kappa shape index (κ1) is 13.6. The molecule has 0 aliphatic carbocycles. The lowest BCUT2D eigenvalue weighted by molar-refractivity contribution is -0.132. The van der Waals surface area contributed by atoms with E-state index >= 15 is 0 Å². The van der Waals surface area contributed by atoms with Crippen molar-refractivity contribution >= 4 is 29.1 Å². The smallest absolute Gasteiger partial charge is 0.249 e. The van der Waals surface area contributed by atoms with Crippen molar-refractivity contribution in [3.05, 3.63) is 23.8 Å². The molecule has 2 atom stereocenters. The Morgan fingerprint density at radius 1 is 1.19 bits per heavy atom. The molecule has 110 valence electrons. The van der Waals surface area contributed by atoms with E-state index in [9.17, 15) is 14.4 Å². The summed E-state index contributed by atoms with van der Waals surface area (Å²) in [6, 6.07) is 4.67. The molecule has 2 aliphatic rings. The largest absolute Gasteiger partial charge is 0.350 e. The van der Waals surface area contributed by atoms with Gasteiger partial charge in [0.2, 0.25) is 17.7 Å². The molecule has 1 aromatic carbocycles. The van der Waals surface area contributed by atoms with Crippen molar-refractivity contribution in [3.63, 3.8) is 0 Å². The minimum atomic E-state index is -0.432. The van der Waals surface area contributed by atoms with Crippen molar-refractivity contribution in [1.29, 1.82) is 0 Å². The highest BCUT2D eigenvalue weighted by molar-refractivity contribution is 6.05. The van der Waals surface area contributed by atoms with Crippen molar-refractivity contribution in [2.24, 2.45) is 0 Å². The number of likely N-dealkylation sites (N-methyl/N-ethyl adjacent to an activating group) is 1. The molecule has 0 radical (unpaired) electrons. The van der Waals surface area contributed by atoms with Crippen LogP contribution in [0.5, 0.6) is 0 Å². The van der Waals surface area contributed by atoms with Crippen LogP contribution in [0.15, 0.2) is 18.2 Å². The summed E-state index contributed by atoms with van der Waals surface area (Å²) in [6.45, 7) is 1.86. The van der Waals surface area contributed by atoms with E-state index in [4.69, 9.17) is 0 Å². The molecule has 3 amide bonds. The number of anilines is 2. The van der Waals surface area contributed by atoms with Gasteiger partial charge in [-0.05, 0) is 26.1 Å². The van der Waals surface area contributed by atoms with E-state index in [0.29, 0.717) is 5.69 Å². The maximum atomic E-state index is 11.8. The Kier molecular flexibility index (Phi) is 3.13. The average molecular weight is 288 g/mol. The molecule has 1 aromatic rings. The van der Waals surface area contributed by atoms with E-state index in [1.165, 1.54) is 0 Å². The maximum Gasteiger partial charge on any atom is 0.249 e. The third-order valence-electron chi connectivity index (χ3n) is 3.91. The number of rotatable bonds is 2. The number of amides is 3. The molecule has 1 fully saturated rings. The average Bonchev–Trinajstić information content (AvgIpc) is 2.76. The number of carbonyl (C=O) groups is 3. The van der Waals surface area contributed by atoms with E-state index < -0.39 is 6.04 Å². The molecular formula is C14H16N4O3. The summed E-state index contributed by atoms with van der Waals surface area (Å²) < 4.78 is 0. The highest BCUT2D eigenvalue weighted by Gasteiger charge is 2.33. The Hall–Kier alpha value is -2.41. The molecule has 0 bridgehead atoms. The van der Waals surface area contributed by atoms with Gasteiger partial charge in [0, 0.05) is 16.9 Å². The first-order valence-electron chi connectivity index (χ1n) is 6.73.